The van der Waals surface area contributed by atoms with Crippen molar-refractivity contribution in [3.8, 4) is 0 Å². The van der Waals surface area contributed by atoms with E-state index in [2.05, 4.69) is 24.5 Å². The van der Waals surface area contributed by atoms with E-state index in [0.717, 1.165) is 63.5 Å². The third-order valence-corrected chi connectivity index (χ3v) is 13.4. The van der Waals surface area contributed by atoms with Crippen LogP contribution in [0.2, 0.25) is 0 Å². The maximum Gasteiger partial charge on any atom is 0.315 e. The van der Waals surface area contributed by atoms with Crippen LogP contribution in [0.25, 0.3) is 0 Å². The second-order valence-electron chi connectivity index (χ2n) is 13.7. The van der Waals surface area contributed by atoms with Crippen molar-refractivity contribution in [2.24, 2.45) is 34.5 Å². The van der Waals surface area contributed by atoms with Crippen LogP contribution in [0.15, 0.2) is 11.6 Å². The standard InChI is InChI=1S/C31H44N2O5S/c1-17(34)21-10-11-22-20-9-8-18-14-19(35)15-26(31(18,3)23(20)12-13-30(21,22)2)38-27(36)7-5-4-6-25-28-24(16-39-25)32-29(37)33-28/h14,20-26,28H,4-13,15-16H2,1-3H3,(H2,32,33,37)/t20-,21+,22-,23-,24-,25-,26?,28-,30+,31-/m0/s1. The zero-order valence-corrected chi connectivity index (χ0v) is 24.4. The SMILES string of the molecule is CC(=O)[C@H]1CC[C@H]2[C@@H]3CCC4=CC(=O)CC(OC(=O)CCCC[C@@H]5SC[C@@H]6NC(=O)N[C@@H]65)[C@]4(C)[C@H]3CC[C@]12C. The molecule has 5 fully saturated rings. The molecule has 0 aromatic carbocycles. The molecule has 1 unspecified atom stereocenters. The average molecular weight is 557 g/mol. The predicted octanol–water partition coefficient (Wildman–Crippen LogP) is 4.97. The van der Waals surface area contributed by atoms with Gasteiger partial charge in [0.15, 0.2) is 5.78 Å². The highest BCUT2D eigenvalue weighted by atomic mass is 32.2. The highest BCUT2D eigenvalue weighted by Crippen LogP contribution is 2.67. The molecule has 7 nitrogen and oxygen atoms in total. The van der Waals surface area contributed by atoms with Crippen LogP contribution >= 0.6 is 11.8 Å². The Labute approximate surface area is 236 Å². The van der Waals surface area contributed by atoms with Gasteiger partial charge in [0.2, 0.25) is 0 Å². The number of nitrogens with one attached hydrogen (secondary N) is 2. The van der Waals surface area contributed by atoms with Gasteiger partial charge in [0, 0.05) is 35.2 Å². The largest absolute Gasteiger partial charge is 0.461 e. The minimum atomic E-state index is -0.398. The van der Waals surface area contributed by atoms with Gasteiger partial charge in [0.1, 0.15) is 11.9 Å². The molecule has 214 valence electrons. The monoisotopic (exact) mass is 556 g/mol. The molecule has 0 bridgehead atoms. The molecule has 8 heteroatoms. The lowest BCUT2D eigenvalue weighted by Gasteiger charge is -2.59. The first kappa shape index (κ1) is 27.3. The number of hydrogen-bond donors (Lipinski definition) is 2. The molecule has 0 spiro atoms. The van der Waals surface area contributed by atoms with E-state index in [0.29, 0.717) is 35.2 Å². The van der Waals surface area contributed by atoms with Crippen LogP contribution < -0.4 is 10.6 Å². The molecule has 2 heterocycles. The summed E-state index contributed by atoms with van der Waals surface area (Å²) in [4.78, 5) is 50.0. The zero-order chi connectivity index (χ0) is 27.5. The van der Waals surface area contributed by atoms with Gasteiger partial charge in [-0.25, -0.2) is 4.79 Å². The third-order valence-electron chi connectivity index (χ3n) is 11.9. The van der Waals surface area contributed by atoms with Gasteiger partial charge < -0.3 is 15.4 Å². The lowest BCUT2D eigenvalue weighted by molar-refractivity contribution is -0.166. The highest BCUT2D eigenvalue weighted by molar-refractivity contribution is 8.00. The molecule has 0 aromatic heterocycles. The number of unbranched alkanes of at least 4 members (excludes halogenated alkanes) is 1. The summed E-state index contributed by atoms with van der Waals surface area (Å²) in [6.07, 6.45) is 10.9. The number of urea groups is 1. The molecule has 39 heavy (non-hydrogen) atoms. The molecule has 0 aromatic rings. The summed E-state index contributed by atoms with van der Waals surface area (Å²) in [6, 6.07) is 0.343. The van der Waals surface area contributed by atoms with E-state index in [1.54, 1.807) is 6.92 Å². The van der Waals surface area contributed by atoms with Crippen molar-refractivity contribution in [2.75, 3.05) is 5.75 Å². The van der Waals surface area contributed by atoms with Crippen molar-refractivity contribution in [1.82, 2.24) is 10.6 Å². The molecular weight excluding hydrogens is 512 g/mol. The topological polar surface area (TPSA) is 102 Å². The van der Waals surface area contributed by atoms with E-state index < -0.39 is 6.10 Å². The van der Waals surface area contributed by atoms with Crippen LogP contribution in [0, 0.1) is 34.5 Å². The Morgan fingerprint density at radius 3 is 2.69 bits per heavy atom. The number of ketones is 2. The second kappa shape index (κ2) is 10.2. The van der Waals surface area contributed by atoms with Gasteiger partial charge in [0.25, 0.3) is 0 Å². The van der Waals surface area contributed by atoms with E-state index in [-0.39, 0.29) is 53.0 Å². The summed E-state index contributed by atoms with van der Waals surface area (Å²) in [5, 5.41) is 6.40. The minimum absolute atomic E-state index is 0.0676. The summed E-state index contributed by atoms with van der Waals surface area (Å²) in [5.41, 5.74) is 0.962. The minimum Gasteiger partial charge on any atom is -0.461 e. The number of amides is 2. The van der Waals surface area contributed by atoms with E-state index in [1.807, 2.05) is 17.8 Å². The smallest absolute Gasteiger partial charge is 0.315 e. The van der Waals surface area contributed by atoms with Gasteiger partial charge in [0.05, 0.1) is 12.1 Å². The molecule has 2 amide bonds. The molecule has 2 saturated heterocycles. The molecule has 2 N–H and O–H groups in total. The summed E-state index contributed by atoms with van der Waals surface area (Å²) < 4.78 is 6.21. The lowest BCUT2D eigenvalue weighted by Crippen LogP contribution is -2.56. The van der Waals surface area contributed by atoms with Crippen molar-refractivity contribution < 1.29 is 23.9 Å². The molecule has 2 aliphatic heterocycles. The number of carbonyl (C=O) groups is 4. The zero-order valence-electron chi connectivity index (χ0n) is 23.6. The highest BCUT2D eigenvalue weighted by Gasteiger charge is 2.62. The summed E-state index contributed by atoms with van der Waals surface area (Å²) in [5.74, 6) is 2.78. The van der Waals surface area contributed by atoms with Crippen molar-refractivity contribution >= 4 is 35.3 Å². The molecule has 0 radical (unpaired) electrons. The average Bonchev–Trinajstić information content (AvgIpc) is 3.54. The Morgan fingerprint density at radius 1 is 1.08 bits per heavy atom. The Hall–Kier alpha value is -1.83. The first-order valence-corrected chi connectivity index (χ1v) is 16.3. The van der Waals surface area contributed by atoms with E-state index in [9.17, 15) is 19.2 Å². The number of carbonyl (C=O) groups excluding carboxylic acids is 4. The first-order valence-electron chi connectivity index (χ1n) is 15.2. The third kappa shape index (κ3) is 4.57. The maximum absolute atomic E-state index is 13.1. The van der Waals surface area contributed by atoms with Gasteiger partial charge in [-0.3, -0.25) is 14.4 Å². The van der Waals surface area contributed by atoms with E-state index in [4.69, 9.17) is 4.74 Å². The predicted molar refractivity (Wildman–Crippen MR) is 150 cm³/mol. The fraction of sp³-hybridized carbons (Fsp3) is 0.806. The number of rotatable bonds is 7. The molecule has 4 aliphatic carbocycles. The number of fused-ring (bicyclic) bond motifs is 6. The normalized spacial score (nSPS) is 44.3. The van der Waals surface area contributed by atoms with Crippen LogP contribution in [0.1, 0.15) is 91.4 Å². The van der Waals surface area contributed by atoms with Crippen LogP contribution in [-0.2, 0) is 19.1 Å². The maximum atomic E-state index is 13.1. The van der Waals surface area contributed by atoms with Crippen LogP contribution in [0.5, 0.6) is 0 Å². The second-order valence-corrected chi connectivity index (χ2v) is 14.9. The summed E-state index contributed by atoms with van der Waals surface area (Å²) in [7, 11) is 0. The Kier molecular flexibility index (Phi) is 7.16. The van der Waals surface area contributed by atoms with Crippen LogP contribution in [-0.4, -0.2) is 52.8 Å². The Bertz CT molecular complexity index is 1090. The van der Waals surface area contributed by atoms with Crippen molar-refractivity contribution in [3.63, 3.8) is 0 Å². The van der Waals surface area contributed by atoms with Crippen LogP contribution in [0.4, 0.5) is 4.79 Å². The quantitative estimate of drug-likeness (QED) is 0.261. The van der Waals surface area contributed by atoms with Gasteiger partial charge in [-0.15, -0.1) is 0 Å². The van der Waals surface area contributed by atoms with Crippen molar-refractivity contribution in [2.45, 2.75) is 115 Å². The molecule has 3 saturated carbocycles. The molecule has 6 aliphatic rings. The Morgan fingerprint density at radius 2 is 1.90 bits per heavy atom. The summed E-state index contributed by atoms with van der Waals surface area (Å²) >= 11 is 1.90. The van der Waals surface area contributed by atoms with Crippen molar-refractivity contribution in [1.29, 1.82) is 0 Å². The van der Waals surface area contributed by atoms with Gasteiger partial charge in [-0.05, 0) is 87.5 Å². The summed E-state index contributed by atoms with van der Waals surface area (Å²) in [6.45, 7) is 6.38. The lowest BCUT2D eigenvalue weighted by atomic mass is 9.46. The van der Waals surface area contributed by atoms with Crippen LogP contribution in [0.3, 0.4) is 0 Å². The number of ether oxygens (including phenoxy) is 1. The number of hydrogen-bond acceptors (Lipinski definition) is 6. The number of esters is 1. The van der Waals surface area contributed by atoms with Crippen molar-refractivity contribution in [3.05, 3.63) is 11.6 Å². The van der Waals surface area contributed by atoms with E-state index >= 15 is 0 Å². The fourth-order valence-corrected chi connectivity index (χ4v) is 11.4. The van der Waals surface area contributed by atoms with Gasteiger partial charge >= 0.3 is 12.0 Å². The van der Waals surface area contributed by atoms with E-state index in [1.165, 1.54) is 5.57 Å². The first-order chi connectivity index (χ1) is 18.6. The van der Waals surface area contributed by atoms with Gasteiger partial charge in [-0.2, -0.15) is 11.8 Å². The Balaban J connectivity index is 1.09. The molecular formula is C31H44N2O5S. The van der Waals surface area contributed by atoms with Gasteiger partial charge in [-0.1, -0.05) is 25.8 Å². The molecule has 10 atom stereocenters. The molecule has 6 rings (SSSR count). The fourth-order valence-electron chi connectivity index (χ4n) is 9.89. The number of Topliss-reactive ketones (excluding diaryl/α,β-unsaturated/α-hetero) is 1. The number of thioether (sulfide) groups is 1.